The lowest BCUT2D eigenvalue weighted by Gasteiger charge is -2.34. The minimum atomic E-state index is -0.902. The molecule has 2 aromatic carbocycles. The van der Waals surface area contributed by atoms with Crippen LogP contribution in [0.5, 0.6) is 17.2 Å². The minimum absolute atomic E-state index is 0.0378. The molecule has 3 aromatic rings. The van der Waals surface area contributed by atoms with Crippen LogP contribution in [-0.4, -0.2) is 54.8 Å². The minimum Gasteiger partial charge on any atom is -0.497 e. The van der Waals surface area contributed by atoms with Crippen molar-refractivity contribution in [2.75, 3.05) is 26.9 Å². The number of ether oxygens (including phenoxy) is 3. The Bertz CT molecular complexity index is 1120. The highest BCUT2D eigenvalue weighted by Crippen LogP contribution is 2.33. The van der Waals surface area contributed by atoms with Gasteiger partial charge in [0.2, 0.25) is 12.0 Å². The Labute approximate surface area is 208 Å². The number of rotatable bonds is 10. The van der Waals surface area contributed by atoms with Gasteiger partial charge in [-0.3, -0.25) is 9.59 Å². The number of nitrogens with zero attached hydrogens (tertiary/aromatic N) is 1. The Hall–Kier alpha value is -3.56. The van der Waals surface area contributed by atoms with Crippen LogP contribution in [0.1, 0.15) is 22.9 Å². The number of hydrogen-bond acceptors (Lipinski definition) is 7. The van der Waals surface area contributed by atoms with Gasteiger partial charge >= 0.3 is 0 Å². The Kier molecular flexibility index (Phi) is 8.23. The Balaban J connectivity index is 1.55. The van der Waals surface area contributed by atoms with Gasteiger partial charge < -0.3 is 29.5 Å². The van der Waals surface area contributed by atoms with Crippen molar-refractivity contribution in [3.63, 3.8) is 0 Å². The van der Waals surface area contributed by atoms with Crippen molar-refractivity contribution < 1.29 is 28.9 Å². The number of aliphatic hydroxyl groups is 1. The normalized spacial score (nSPS) is 15.2. The highest BCUT2D eigenvalue weighted by atomic mass is 32.1. The van der Waals surface area contributed by atoms with E-state index in [4.69, 9.17) is 14.2 Å². The molecule has 1 aromatic heterocycles. The van der Waals surface area contributed by atoms with Crippen LogP contribution < -0.4 is 19.5 Å². The van der Waals surface area contributed by atoms with Gasteiger partial charge in [-0.05, 0) is 47.7 Å². The molecule has 2 N–H and O–H groups in total. The summed E-state index contributed by atoms with van der Waals surface area (Å²) in [5, 5.41) is 14.3. The molecule has 2 amide bonds. The fourth-order valence-electron chi connectivity index (χ4n) is 3.83. The van der Waals surface area contributed by atoms with E-state index in [1.165, 1.54) is 16.2 Å². The predicted octanol–water partition coefficient (Wildman–Crippen LogP) is 3.17. The summed E-state index contributed by atoms with van der Waals surface area (Å²) in [5.41, 5.74) is 0.901. The van der Waals surface area contributed by atoms with E-state index in [0.29, 0.717) is 24.5 Å². The van der Waals surface area contributed by atoms with Crippen molar-refractivity contribution in [3.05, 3.63) is 76.5 Å². The SMILES string of the molecule is COc1ccc(CNC(=O)C(c2cccs2)N(CCCO)C(=O)C2COc3ccccc3O2)cc1. The maximum absolute atomic E-state index is 13.6. The van der Waals surface area contributed by atoms with E-state index in [-0.39, 0.29) is 31.6 Å². The lowest BCUT2D eigenvalue weighted by Crippen LogP contribution is -2.51. The molecule has 2 heterocycles. The largest absolute Gasteiger partial charge is 0.497 e. The molecule has 0 spiro atoms. The molecule has 9 heteroatoms. The third kappa shape index (κ3) is 5.93. The van der Waals surface area contributed by atoms with Crippen LogP contribution in [0, 0.1) is 0 Å². The molecule has 184 valence electrons. The maximum atomic E-state index is 13.6. The molecule has 1 aliphatic heterocycles. The van der Waals surface area contributed by atoms with Crippen molar-refractivity contribution >= 4 is 23.2 Å². The van der Waals surface area contributed by atoms with Crippen LogP contribution >= 0.6 is 11.3 Å². The fraction of sp³-hybridized carbons (Fsp3) is 0.308. The van der Waals surface area contributed by atoms with E-state index in [9.17, 15) is 14.7 Å². The second kappa shape index (κ2) is 11.7. The second-order valence-corrected chi connectivity index (χ2v) is 8.94. The zero-order valence-corrected chi connectivity index (χ0v) is 20.2. The van der Waals surface area contributed by atoms with Gasteiger partial charge in [0.05, 0.1) is 7.11 Å². The Morgan fingerprint density at radius 1 is 1.14 bits per heavy atom. The summed E-state index contributed by atoms with van der Waals surface area (Å²) in [7, 11) is 1.60. The summed E-state index contributed by atoms with van der Waals surface area (Å²) in [5.74, 6) is 1.10. The molecule has 0 aliphatic carbocycles. The maximum Gasteiger partial charge on any atom is 0.268 e. The summed E-state index contributed by atoms with van der Waals surface area (Å²) in [6.07, 6.45) is -0.579. The van der Waals surface area contributed by atoms with E-state index in [0.717, 1.165) is 16.2 Å². The highest BCUT2D eigenvalue weighted by molar-refractivity contribution is 7.10. The van der Waals surface area contributed by atoms with Crippen LogP contribution in [0.15, 0.2) is 66.0 Å². The summed E-state index contributed by atoms with van der Waals surface area (Å²) in [4.78, 5) is 29.3. The van der Waals surface area contributed by atoms with Gasteiger partial charge in [-0.15, -0.1) is 11.3 Å². The number of hydrogen-bond donors (Lipinski definition) is 2. The molecule has 2 atom stereocenters. The van der Waals surface area contributed by atoms with Gasteiger partial charge in [0.25, 0.3) is 5.91 Å². The summed E-state index contributed by atoms with van der Waals surface area (Å²) in [6.45, 7) is 0.411. The molecule has 0 radical (unpaired) electrons. The number of amides is 2. The summed E-state index contributed by atoms with van der Waals surface area (Å²) in [6, 6.07) is 17.4. The first kappa shape index (κ1) is 24.6. The lowest BCUT2D eigenvalue weighted by atomic mass is 10.1. The molecule has 1 aliphatic rings. The number of benzene rings is 2. The number of aliphatic hydroxyl groups excluding tert-OH is 1. The number of carbonyl (C=O) groups excluding carboxylic acids is 2. The zero-order chi connectivity index (χ0) is 24.6. The molecule has 35 heavy (non-hydrogen) atoms. The van der Waals surface area contributed by atoms with E-state index in [1.54, 1.807) is 25.3 Å². The molecule has 8 nitrogen and oxygen atoms in total. The van der Waals surface area contributed by atoms with Gasteiger partial charge in [0, 0.05) is 24.6 Å². The monoisotopic (exact) mass is 496 g/mol. The first-order valence-corrected chi connectivity index (χ1v) is 12.2. The van der Waals surface area contributed by atoms with Crippen LogP contribution in [-0.2, 0) is 16.1 Å². The third-order valence-corrected chi connectivity index (χ3v) is 6.55. The summed E-state index contributed by atoms with van der Waals surface area (Å²) >= 11 is 1.39. The van der Waals surface area contributed by atoms with Crippen LogP contribution in [0.3, 0.4) is 0 Å². The first-order valence-electron chi connectivity index (χ1n) is 11.3. The highest BCUT2D eigenvalue weighted by Gasteiger charge is 2.38. The van der Waals surface area contributed by atoms with E-state index in [2.05, 4.69) is 5.32 Å². The first-order chi connectivity index (χ1) is 17.1. The van der Waals surface area contributed by atoms with Gasteiger partial charge in [-0.25, -0.2) is 0 Å². The van der Waals surface area contributed by atoms with Crippen molar-refractivity contribution in [1.29, 1.82) is 0 Å². The fourth-order valence-corrected chi connectivity index (χ4v) is 4.67. The molecular formula is C26H28N2O6S. The average Bonchev–Trinajstić information content (AvgIpc) is 3.43. The smallest absolute Gasteiger partial charge is 0.268 e. The van der Waals surface area contributed by atoms with Crippen LogP contribution in [0.2, 0.25) is 0 Å². The standard InChI is InChI=1S/C26H28N2O6S/c1-32-19-11-9-18(10-12-19)16-27-25(30)24(23-8-4-15-35-23)28(13-5-14-29)26(31)22-17-33-20-6-2-3-7-21(20)34-22/h2-4,6-12,15,22,24,29H,5,13-14,16-17H2,1H3,(H,27,30). The molecule has 0 bridgehead atoms. The molecule has 0 fully saturated rings. The third-order valence-electron chi connectivity index (χ3n) is 5.62. The Morgan fingerprint density at radius 3 is 2.60 bits per heavy atom. The Morgan fingerprint density at radius 2 is 1.91 bits per heavy atom. The number of thiophene rings is 1. The molecule has 4 rings (SSSR count). The quantitative estimate of drug-likeness (QED) is 0.448. The number of nitrogens with one attached hydrogen (secondary N) is 1. The predicted molar refractivity (Wildman–Crippen MR) is 132 cm³/mol. The molecular weight excluding hydrogens is 468 g/mol. The van der Waals surface area contributed by atoms with E-state index in [1.807, 2.05) is 47.8 Å². The molecule has 0 saturated carbocycles. The second-order valence-electron chi connectivity index (χ2n) is 7.96. The molecule has 2 unspecified atom stereocenters. The van der Waals surface area contributed by atoms with E-state index < -0.39 is 12.1 Å². The zero-order valence-electron chi connectivity index (χ0n) is 19.4. The lowest BCUT2D eigenvalue weighted by molar-refractivity contribution is -0.148. The van der Waals surface area contributed by atoms with E-state index >= 15 is 0 Å². The topological polar surface area (TPSA) is 97.3 Å². The van der Waals surface area contributed by atoms with Gasteiger partial charge in [0.1, 0.15) is 18.4 Å². The molecule has 0 saturated heterocycles. The number of para-hydroxylation sites is 2. The van der Waals surface area contributed by atoms with Gasteiger partial charge in [-0.1, -0.05) is 30.3 Å². The van der Waals surface area contributed by atoms with Crippen molar-refractivity contribution in [2.24, 2.45) is 0 Å². The van der Waals surface area contributed by atoms with Gasteiger partial charge in [-0.2, -0.15) is 0 Å². The number of methoxy groups -OCH3 is 1. The van der Waals surface area contributed by atoms with Crippen molar-refractivity contribution in [3.8, 4) is 17.2 Å². The average molecular weight is 497 g/mol. The van der Waals surface area contributed by atoms with Gasteiger partial charge in [0.15, 0.2) is 11.5 Å². The van der Waals surface area contributed by atoms with Crippen LogP contribution in [0.4, 0.5) is 0 Å². The number of carbonyl (C=O) groups is 2. The van der Waals surface area contributed by atoms with Crippen molar-refractivity contribution in [2.45, 2.75) is 25.1 Å². The van der Waals surface area contributed by atoms with Crippen molar-refractivity contribution in [1.82, 2.24) is 10.2 Å². The summed E-state index contributed by atoms with van der Waals surface area (Å²) < 4.78 is 16.9. The van der Waals surface area contributed by atoms with Crippen LogP contribution in [0.25, 0.3) is 0 Å². The number of fused-ring (bicyclic) bond motifs is 1.